The normalized spacial score (nSPS) is 13.8. The predicted octanol–water partition coefficient (Wildman–Crippen LogP) is 4.94. The summed E-state index contributed by atoms with van der Waals surface area (Å²) in [6.45, 7) is 6.42. The zero-order valence-corrected chi connectivity index (χ0v) is 28.1. The molecule has 0 radical (unpaired) electrons. The molecule has 0 aliphatic heterocycles. The van der Waals surface area contributed by atoms with Crippen molar-refractivity contribution in [3.63, 3.8) is 0 Å². The Balaban J connectivity index is 1.86. The number of rotatable bonds is 19. The van der Waals surface area contributed by atoms with Crippen molar-refractivity contribution in [2.24, 2.45) is 17.3 Å². The van der Waals surface area contributed by atoms with E-state index in [1.807, 2.05) is 67.6 Å². The molecule has 254 valence electrons. The number of carbonyl (C=O) groups excluding carboxylic acids is 5. The maximum absolute atomic E-state index is 13.9. The number of carboxylic acids is 1. The van der Waals surface area contributed by atoms with Crippen LogP contribution in [0.25, 0.3) is 0 Å². The second kappa shape index (κ2) is 17.8. The first kappa shape index (κ1) is 37.5. The van der Waals surface area contributed by atoms with Gasteiger partial charge in [-0.3, -0.25) is 28.8 Å². The van der Waals surface area contributed by atoms with E-state index in [-0.39, 0.29) is 43.8 Å². The van der Waals surface area contributed by atoms with Crippen LogP contribution < -0.4 is 10.6 Å². The molecule has 0 bridgehead atoms. The van der Waals surface area contributed by atoms with Crippen molar-refractivity contribution in [1.29, 1.82) is 0 Å². The first-order valence-corrected chi connectivity index (χ1v) is 16.3. The summed E-state index contributed by atoms with van der Waals surface area (Å²) in [5, 5.41) is 14.9. The standard InChI is InChI=1S/C39H46N2O7/c1-5-26(2)34(33(43)25-39(3,4)38(47)48)41-37(46)35(44)32(23-29-19-13-8-14-20-29)40-36(45)30(21-27-15-9-6-10-16-27)24-31(42)22-28-17-11-7-12-18-28/h6-20,26,30,32,34H,5,21-25H2,1-4H3,(H,40,45)(H,41,46)(H,47,48). The fraction of sp³-hybridized carbons (Fsp3) is 0.385. The summed E-state index contributed by atoms with van der Waals surface area (Å²) in [5.74, 6) is -5.53. The maximum Gasteiger partial charge on any atom is 0.309 e. The number of benzene rings is 3. The number of carboxylic acid groups (broad SMARTS) is 1. The van der Waals surface area contributed by atoms with E-state index in [1.165, 1.54) is 13.8 Å². The molecule has 0 aliphatic rings. The van der Waals surface area contributed by atoms with Gasteiger partial charge in [0, 0.05) is 31.6 Å². The minimum atomic E-state index is -1.37. The van der Waals surface area contributed by atoms with Gasteiger partial charge in [0.2, 0.25) is 11.7 Å². The summed E-state index contributed by atoms with van der Waals surface area (Å²) in [5.41, 5.74) is 0.995. The molecule has 4 unspecified atom stereocenters. The Labute approximate surface area is 282 Å². The summed E-state index contributed by atoms with van der Waals surface area (Å²) >= 11 is 0. The van der Waals surface area contributed by atoms with Crippen molar-refractivity contribution in [2.45, 2.75) is 78.3 Å². The first-order chi connectivity index (χ1) is 22.8. The fourth-order valence-electron chi connectivity index (χ4n) is 5.44. The van der Waals surface area contributed by atoms with E-state index in [2.05, 4.69) is 10.6 Å². The monoisotopic (exact) mass is 654 g/mol. The van der Waals surface area contributed by atoms with Crippen LogP contribution >= 0.6 is 0 Å². The van der Waals surface area contributed by atoms with Crippen molar-refractivity contribution < 1.29 is 33.9 Å². The van der Waals surface area contributed by atoms with Gasteiger partial charge in [-0.1, -0.05) is 111 Å². The third-order valence-electron chi connectivity index (χ3n) is 8.59. The third-order valence-corrected chi connectivity index (χ3v) is 8.59. The van der Waals surface area contributed by atoms with Crippen LogP contribution in [0.5, 0.6) is 0 Å². The summed E-state index contributed by atoms with van der Waals surface area (Å²) in [6.07, 6.45) is 0.475. The van der Waals surface area contributed by atoms with E-state index >= 15 is 0 Å². The summed E-state index contributed by atoms with van der Waals surface area (Å²) in [6, 6.07) is 25.0. The lowest BCUT2D eigenvalue weighted by Gasteiger charge is -2.27. The van der Waals surface area contributed by atoms with Crippen LogP contribution in [-0.4, -0.2) is 52.3 Å². The number of aliphatic carboxylic acids is 1. The zero-order valence-electron chi connectivity index (χ0n) is 28.1. The van der Waals surface area contributed by atoms with Gasteiger partial charge in [-0.25, -0.2) is 0 Å². The fourth-order valence-corrected chi connectivity index (χ4v) is 5.44. The lowest BCUT2D eigenvalue weighted by atomic mass is 9.82. The molecule has 9 heteroatoms. The van der Waals surface area contributed by atoms with Crippen molar-refractivity contribution >= 4 is 35.1 Å². The first-order valence-electron chi connectivity index (χ1n) is 16.3. The van der Waals surface area contributed by atoms with Crippen LogP contribution in [0.2, 0.25) is 0 Å². The molecule has 3 aromatic carbocycles. The number of carbonyl (C=O) groups is 6. The average molecular weight is 655 g/mol. The minimum absolute atomic E-state index is 0.00282. The van der Waals surface area contributed by atoms with Gasteiger partial charge < -0.3 is 15.7 Å². The summed E-state index contributed by atoms with van der Waals surface area (Å²) in [4.78, 5) is 79.3. The largest absolute Gasteiger partial charge is 0.481 e. The SMILES string of the molecule is CCC(C)C(NC(=O)C(=O)C(Cc1ccccc1)NC(=O)C(CC(=O)Cc1ccccc1)Cc1ccccc1)C(=O)CC(C)(C)C(=O)O. The van der Waals surface area contributed by atoms with Crippen LogP contribution in [0.3, 0.4) is 0 Å². The summed E-state index contributed by atoms with van der Waals surface area (Å²) in [7, 11) is 0. The Bertz CT molecular complexity index is 1550. The Morgan fingerprint density at radius 2 is 1.23 bits per heavy atom. The molecule has 0 saturated carbocycles. The Hall–Kier alpha value is -4.92. The molecule has 3 N–H and O–H groups in total. The van der Waals surface area contributed by atoms with Crippen LogP contribution in [0.4, 0.5) is 0 Å². The highest BCUT2D eigenvalue weighted by molar-refractivity contribution is 6.39. The minimum Gasteiger partial charge on any atom is -0.481 e. The van der Waals surface area contributed by atoms with Crippen molar-refractivity contribution in [3.8, 4) is 0 Å². The highest BCUT2D eigenvalue weighted by Crippen LogP contribution is 2.24. The zero-order chi connectivity index (χ0) is 35.3. The van der Waals surface area contributed by atoms with Gasteiger partial charge in [-0.15, -0.1) is 0 Å². The number of amides is 2. The molecule has 0 fully saturated rings. The van der Waals surface area contributed by atoms with Gasteiger partial charge in [0.25, 0.3) is 5.91 Å². The molecule has 0 spiro atoms. The van der Waals surface area contributed by atoms with E-state index in [4.69, 9.17) is 0 Å². The average Bonchev–Trinajstić information content (AvgIpc) is 3.06. The molecule has 3 aromatic rings. The van der Waals surface area contributed by atoms with Crippen molar-refractivity contribution in [2.75, 3.05) is 0 Å². The molecule has 0 heterocycles. The van der Waals surface area contributed by atoms with Crippen LogP contribution in [0.1, 0.15) is 63.6 Å². The molecular weight excluding hydrogens is 608 g/mol. The summed E-state index contributed by atoms with van der Waals surface area (Å²) < 4.78 is 0. The smallest absolute Gasteiger partial charge is 0.309 e. The second-order valence-corrected chi connectivity index (χ2v) is 13.1. The topological polar surface area (TPSA) is 147 Å². The van der Waals surface area contributed by atoms with E-state index in [9.17, 15) is 33.9 Å². The predicted molar refractivity (Wildman–Crippen MR) is 183 cm³/mol. The number of ketones is 3. The van der Waals surface area contributed by atoms with Gasteiger partial charge in [-0.05, 0) is 42.9 Å². The van der Waals surface area contributed by atoms with Gasteiger partial charge in [-0.2, -0.15) is 0 Å². The molecule has 3 rings (SSSR count). The molecular formula is C39H46N2O7. The Morgan fingerprint density at radius 3 is 1.73 bits per heavy atom. The van der Waals surface area contributed by atoms with E-state index in [1.54, 1.807) is 37.3 Å². The van der Waals surface area contributed by atoms with Crippen LogP contribution in [-0.2, 0) is 48.0 Å². The van der Waals surface area contributed by atoms with Gasteiger partial charge in [0.05, 0.1) is 11.5 Å². The second-order valence-electron chi connectivity index (χ2n) is 13.1. The Morgan fingerprint density at radius 1 is 0.729 bits per heavy atom. The van der Waals surface area contributed by atoms with Gasteiger partial charge in [0.15, 0.2) is 5.78 Å². The molecule has 2 amide bonds. The highest BCUT2D eigenvalue weighted by Gasteiger charge is 2.37. The van der Waals surface area contributed by atoms with Crippen LogP contribution in [0, 0.1) is 17.3 Å². The lowest BCUT2D eigenvalue weighted by molar-refractivity contribution is -0.150. The number of nitrogens with one attached hydrogen (secondary N) is 2. The van der Waals surface area contributed by atoms with Crippen LogP contribution in [0.15, 0.2) is 91.0 Å². The van der Waals surface area contributed by atoms with Crippen molar-refractivity contribution in [3.05, 3.63) is 108 Å². The quantitative estimate of drug-likeness (QED) is 0.155. The molecule has 0 aromatic heterocycles. The van der Waals surface area contributed by atoms with Gasteiger partial charge in [0.1, 0.15) is 11.8 Å². The number of Topliss-reactive ketones (excluding diaryl/α,β-unsaturated/α-hetero) is 3. The number of hydrogen-bond acceptors (Lipinski definition) is 6. The molecule has 0 aliphatic carbocycles. The molecule has 0 saturated heterocycles. The Kier molecular flexibility index (Phi) is 14.0. The maximum atomic E-state index is 13.9. The van der Waals surface area contributed by atoms with E-state index in [0.29, 0.717) is 12.0 Å². The highest BCUT2D eigenvalue weighted by atomic mass is 16.4. The molecule has 9 nitrogen and oxygen atoms in total. The van der Waals surface area contributed by atoms with Gasteiger partial charge >= 0.3 is 5.97 Å². The molecule has 48 heavy (non-hydrogen) atoms. The van der Waals surface area contributed by atoms with Crippen molar-refractivity contribution in [1.82, 2.24) is 10.6 Å². The van der Waals surface area contributed by atoms with E-state index < -0.39 is 52.8 Å². The number of hydrogen-bond donors (Lipinski definition) is 3. The van der Waals surface area contributed by atoms with E-state index in [0.717, 1.165) is 11.1 Å². The molecule has 4 atom stereocenters. The lowest BCUT2D eigenvalue weighted by Crippen LogP contribution is -2.54. The third kappa shape index (κ3) is 11.4.